The summed E-state index contributed by atoms with van der Waals surface area (Å²) in [5.74, 6) is -0.214. The highest BCUT2D eigenvalue weighted by molar-refractivity contribution is 6.08. The van der Waals surface area contributed by atoms with Gasteiger partial charge in [-0.05, 0) is 55.2 Å². The summed E-state index contributed by atoms with van der Waals surface area (Å²) in [6.07, 6.45) is 2.19. The summed E-state index contributed by atoms with van der Waals surface area (Å²) in [6, 6.07) is 6.57. The summed E-state index contributed by atoms with van der Waals surface area (Å²) in [4.78, 5) is 38.6. The van der Waals surface area contributed by atoms with E-state index in [1.807, 2.05) is 13.0 Å². The minimum absolute atomic E-state index is 0.0430. The first kappa shape index (κ1) is 18.4. The molecule has 1 aliphatic heterocycles. The van der Waals surface area contributed by atoms with Gasteiger partial charge >= 0.3 is 12.0 Å². The first-order chi connectivity index (χ1) is 12.1. The van der Waals surface area contributed by atoms with Crippen LogP contribution < -0.4 is 10.1 Å². The highest BCUT2D eigenvalue weighted by atomic mass is 16.5. The van der Waals surface area contributed by atoms with Crippen molar-refractivity contribution >= 4 is 17.9 Å². The van der Waals surface area contributed by atoms with Crippen LogP contribution in [-0.4, -0.2) is 34.9 Å². The fourth-order valence-electron chi connectivity index (χ4n) is 4.62. The molecule has 1 N–H and O–H groups in total. The molecule has 2 fully saturated rings. The molecule has 1 spiro atoms. The van der Waals surface area contributed by atoms with Crippen molar-refractivity contribution in [3.05, 3.63) is 29.8 Å². The predicted octanol–water partition coefficient (Wildman–Crippen LogP) is 3.04. The molecule has 2 atom stereocenters. The number of aryl methyl sites for hydroxylation is 1. The highest BCUT2D eigenvalue weighted by Gasteiger charge is 2.56. The first-order valence-electron chi connectivity index (χ1n) is 9.02. The van der Waals surface area contributed by atoms with Crippen molar-refractivity contribution in [2.75, 3.05) is 6.54 Å². The average molecular weight is 358 g/mol. The van der Waals surface area contributed by atoms with Crippen molar-refractivity contribution in [1.82, 2.24) is 10.2 Å². The van der Waals surface area contributed by atoms with Gasteiger partial charge in [-0.1, -0.05) is 32.9 Å². The molecule has 1 saturated heterocycles. The van der Waals surface area contributed by atoms with Gasteiger partial charge in [-0.25, -0.2) is 9.59 Å². The summed E-state index contributed by atoms with van der Waals surface area (Å²) in [6.45, 7) is 7.83. The van der Waals surface area contributed by atoms with E-state index >= 15 is 0 Å². The van der Waals surface area contributed by atoms with Gasteiger partial charge in [0.15, 0.2) is 0 Å². The Bertz CT molecular complexity index is 758. The third-order valence-corrected chi connectivity index (χ3v) is 5.13. The average Bonchev–Trinajstić information content (AvgIpc) is 2.68. The number of nitrogens with one attached hydrogen (secondary N) is 1. The van der Waals surface area contributed by atoms with Gasteiger partial charge in [-0.2, -0.15) is 0 Å². The van der Waals surface area contributed by atoms with E-state index in [-0.39, 0.29) is 17.9 Å². The van der Waals surface area contributed by atoms with Crippen molar-refractivity contribution in [3.63, 3.8) is 0 Å². The molecule has 1 aromatic rings. The van der Waals surface area contributed by atoms with Crippen LogP contribution >= 0.6 is 0 Å². The van der Waals surface area contributed by atoms with Gasteiger partial charge in [0, 0.05) is 0 Å². The number of ether oxygens (including phenoxy) is 1. The highest BCUT2D eigenvalue weighted by Crippen LogP contribution is 2.46. The molecule has 3 rings (SSSR count). The Hall–Kier alpha value is -2.37. The number of hydrogen-bond donors (Lipinski definition) is 1. The molecule has 140 valence electrons. The number of hydrogen-bond acceptors (Lipinski definition) is 4. The number of rotatable bonds is 3. The minimum atomic E-state index is -0.901. The van der Waals surface area contributed by atoms with Gasteiger partial charge in [0.2, 0.25) is 0 Å². The molecular weight excluding hydrogens is 332 g/mol. The molecule has 1 heterocycles. The van der Waals surface area contributed by atoms with E-state index in [0.29, 0.717) is 24.5 Å². The monoisotopic (exact) mass is 358 g/mol. The van der Waals surface area contributed by atoms with Crippen molar-refractivity contribution in [1.29, 1.82) is 0 Å². The van der Waals surface area contributed by atoms with Gasteiger partial charge in [0.1, 0.15) is 17.8 Å². The van der Waals surface area contributed by atoms with Crippen molar-refractivity contribution in [2.24, 2.45) is 11.3 Å². The fourth-order valence-corrected chi connectivity index (χ4v) is 4.62. The van der Waals surface area contributed by atoms with E-state index in [1.165, 1.54) is 0 Å². The molecule has 1 aromatic carbocycles. The van der Waals surface area contributed by atoms with Crippen LogP contribution in [0.4, 0.5) is 4.79 Å². The van der Waals surface area contributed by atoms with Crippen molar-refractivity contribution in [2.45, 2.75) is 52.5 Å². The molecule has 3 amide bonds. The number of esters is 1. The minimum Gasteiger partial charge on any atom is -0.425 e. The second kappa shape index (κ2) is 6.41. The Labute approximate surface area is 153 Å². The molecule has 0 bridgehead atoms. The summed E-state index contributed by atoms with van der Waals surface area (Å²) in [5.41, 5.74) is 0.0169. The lowest BCUT2D eigenvalue weighted by Crippen LogP contribution is -2.54. The van der Waals surface area contributed by atoms with Gasteiger partial charge < -0.3 is 10.1 Å². The number of carbonyl (C=O) groups excluding carboxylic acids is 3. The van der Waals surface area contributed by atoms with Crippen LogP contribution in [0.5, 0.6) is 5.75 Å². The van der Waals surface area contributed by atoms with Crippen LogP contribution in [0, 0.1) is 18.3 Å². The van der Waals surface area contributed by atoms with Crippen LogP contribution in [0.2, 0.25) is 0 Å². The molecule has 1 aliphatic carbocycles. The van der Waals surface area contributed by atoms with Crippen LogP contribution in [0.3, 0.4) is 0 Å². The Morgan fingerprint density at radius 3 is 2.69 bits per heavy atom. The van der Waals surface area contributed by atoms with Crippen LogP contribution in [0.1, 0.15) is 45.6 Å². The third kappa shape index (κ3) is 3.59. The maximum Gasteiger partial charge on any atom is 0.331 e. The number of nitrogens with zero attached hydrogens (tertiary/aromatic N) is 1. The largest absolute Gasteiger partial charge is 0.425 e. The van der Waals surface area contributed by atoms with E-state index in [2.05, 4.69) is 26.1 Å². The zero-order valence-electron chi connectivity index (χ0n) is 15.8. The summed E-state index contributed by atoms with van der Waals surface area (Å²) in [7, 11) is 0. The molecule has 0 aromatic heterocycles. The Balaban J connectivity index is 1.72. The quantitative estimate of drug-likeness (QED) is 0.512. The smallest absolute Gasteiger partial charge is 0.331 e. The Morgan fingerprint density at radius 2 is 2.04 bits per heavy atom. The number of carbonyl (C=O) groups is 3. The lowest BCUT2D eigenvalue weighted by molar-refractivity contribution is -0.142. The first-order valence-corrected chi connectivity index (χ1v) is 9.02. The maximum absolute atomic E-state index is 13.0. The van der Waals surface area contributed by atoms with Gasteiger partial charge in [0.05, 0.1) is 0 Å². The Kier molecular flexibility index (Phi) is 4.54. The third-order valence-electron chi connectivity index (χ3n) is 5.13. The predicted molar refractivity (Wildman–Crippen MR) is 96.6 cm³/mol. The summed E-state index contributed by atoms with van der Waals surface area (Å²) in [5, 5.41) is 2.86. The van der Waals surface area contributed by atoms with E-state index < -0.39 is 17.5 Å². The molecule has 2 aliphatic rings. The maximum atomic E-state index is 13.0. The molecule has 26 heavy (non-hydrogen) atoms. The number of urea groups is 1. The van der Waals surface area contributed by atoms with E-state index in [4.69, 9.17) is 4.74 Å². The van der Waals surface area contributed by atoms with Gasteiger partial charge in [-0.15, -0.1) is 0 Å². The van der Waals surface area contributed by atoms with Crippen molar-refractivity contribution < 1.29 is 19.1 Å². The van der Waals surface area contributed by atoms with E-state index in [0.717, 1.165) is 16.9 Å². The van der Waals surface area contributed by atoms with Crippen LogP contribution in [0.25, 0.3) is 0 Å². The Morgan fingerprint density at radius 1 is 1.31 bits per heavy atom. The second-order valence-electron chi connectivity index (χ2n) is 8.55. The molecule has 6 heteroatoms. The number of amides is 3. The zero-order chi connectivity index (χ0) is 19.1. The fraction of sp³-hybridized carbons (Fsp3) is 0.550. The molecule has 0 radical (unpaired) electrons. The van der Waals surface area contributed by atoms with Gasteiger partial charge in [-0.3, -0.25) is 9.69 Å². The topological polar surface area (TPSA) is 75.7 Å². The SMILES string of the molecule is Cc1cccc(OC(=O)CN2C(=O)N[C@@]3(C[C@@H](C)CC(C)(C)C3)C2=O)c1. The standard InChI is InChI=1S/C20H26N2O4/c1-13-6-5-7-15(8-13)26-16(23)11-22-17(24)20(21-18(22)25)10-14(2)9-19(3,4)12-20/h5-8,14H,9-12H2,1-4H3,(H,21,25)/t14-,20+/m0/s1. The normalized spacial score (nSPS) is 27.5. The lowest BCUT2D eigenvalue weighted by Gasteiger charge is -2.43. The van der Waals surface area contributed by atoms with E-state index in [9.17, 15) is 14.4 Å². The molecule has 6 nitrogen and oxygen atoms in total. The molecule has 0 unspecified atom stereocenters. The van der Waals surface area contributed by atoms with Crippen LogP contribution in [-0.2, 0) is 9.59 Å². The van der Waals surface area contributed by atoms with Crippen LogP contribution in [0.15, 0.2) is 24.3 Å². The van der Waals surface area contributed by atoms with E-state index in [1.54, 1.807) is 18.2 Å². The van der Waals surface area contributed by atoms with Gasteiger partial charge in [0.25, 0.3) is 5.91 Å². The second-order valence-corrected chi connectivity index (χ2v) is 8.55. The van der Waals surface area contributed by atoms with Crippen molar-refractivity contribution in [3.8, 4) is 5.75 Å². The lowest BCUT2D eigenvalue weighted by atomic mass is 9.64. The summed E-state index contributed by atoms with van der Waals surface area (Å²) < 4.78 is 5.28. The number of imide groups is 1. The summed E-state index contributed by atoms with van der Waals surface area (Å²) >= 11 is 0. The molecular formula is C20H26N2O4. The molecule has 1 saturated carbocycles. The zero-order valence-corrected chi connectivity index (χ0v) is 15.8. The number of benzene rings is 1.